The summed E-state index contributed by atoms with van der Waals surface area (Å²) in [6, 6.07) is 6.77. The zero-order chi connectivity index (χ0) is 15.1. The van der Waals surface area contributed by atoms with E-state index in [1.807, 2.05) is 18.2 Å². The topological polar surface area (TPSA) is 15.7 Å². The summed E-state index contributed by atoms with van der Waals surface area (Å²) in [6.45, 7) is 4.49. The maximum atomic E-state index is 6.18. The lowest BCUT2D eigenvalue weighted by atomic mass is 9.93. The van der Waals surface area contributed by atoms with Crippen molar-refractivity contribution in [2.75, 3.05) is 38.2 Å². The van der Waals surface area contributed by atoms with E-state index in [-0.39, 0.29) is 0 Å². The van der Waals surface area contributed by atoms with Crippen LogP contribution in [0.3, 0.4) is 0 Å². The minimum atomic E-state index is 0.784. The van der Waals surface area contributed by atoms with Gasteiger partial charge in [-0.3, -0.25) is 4.90 Å². The van der Waals surface area contributed by atoms with E-state index in [4.69, 9.17) is 16.3 Å². The third-order valence-corrected chi connectivity index (χ3v) is 6.20. The molecule has 0 aromatic heterocycles. The fourth-order valence-corrected chi connectivity index (χ4v) is 5.03. The van der Waals surface area contributed by atoms with Crippen LogP contribution in [0.15, 0.2) is 18.2 Å². The molecule has 120 valence electrons. The molecule has 4 rings (SSSR count). The summed E-state index contributed by atoms with van der Waals surface area (Å²) in [5.41, 5.74) is 1.14. The fraction of sp³-hybridized carbons (Fsp3) is 0.667. The molecule has 3 atom stereocenters. The molecule has 22 heavy (non-hydrogen) atoms. The second-order valence-corrected chi connectivity index (χ2v) is 7.52. The van der Waals surface area contributed by atoms with Crippen molar-refractivity contribution in [2.45, 2.75) is 31.7 Å². The first-order valence-corrected chi connectivity index (χ1v) is 8.95. The van der Waals surface area contributed by atoms with Crippen molar-refractivity contribution in [1.29, 1.82) is 0 Å². The number of benzene rings is 1. The van der Waals surface area contributed by atoms with Crippen LogP contribution < -0.4 is 9.64 Å². The lowest BCUT2D eigenvalue weighted by Crippen LogP contribution is -2.51. The van der Waals surface area contributed by atoms with E-state index in [2.05, 4.69) is 9.80 Å². The van der Waals surface area contributed by atoms with Gasteiger partial charge in [0.15, 0.2) is 0 Å². The first-order valence-electron chi connectivity index (χ1n) is 8.57. The standard InChI is InChI=1S/C18H25ClN2O/c1-22-18-5-4-15(19)12-17(18)21-8-6-20(7-9-21)16-11-13-2-3-14(16)10-13/h4-5,12-14,16H,2-3,6-11H2,1H3/t13-,14-,16?/m0/s1. The lowest BCUT2D eigenvalue weighted by molar-refractivity contribution is 0.135. The van der Waals surface area contributed by atoms with Crippen molar-refractivity contribution in [1.82, 2.24) is 4.90 Å². The number of anilines is 1. The summed E-state index contributed by atoms with van der Waals surface area (Å²) in [6.07, 6.45) is 5.90. The van der Waals surface area contributed by atoms with Gasteiger partial charge in [-0.25, -0.2) is 0 Å². The van der Waals surface area contributed by atoms with Crippen LogP contribution in [-0.4, -0.2) is 44.2 Å². The smallest absolute Gasteiger partial charge is 0.142 e. The first kappa shape index (κ1) is 14.6. The van der Waals surface area contributed by atoms with E-state index in [1.54, 1.807) is 7.11 Å². The summed E-state index contributed by atoms with van der Waals surface area (Å²) in [4.78, 5) is 5.17. The molecule has 1 unspecified atom stereocenters. The number of hydrogen-bond donors (Lipinski definition) is 0. The van der Waals surface area contributed by atoms with Crippen molar-refractivity contribution in [2.24, 2.45) is 11.8 Å². The van der Waals surface area contributed by atoms with E-state index < -0.39 is 0 Å². The Kier molecular flexibility index (Phi) is 3.95. The minimum Gasteiger partial charge on any atom is -0.495 e. The highest BCUT2D eigenvalue weighted by molar-refractivity contribution is 6.30. The Hall–Kier alpha value is -0.930. The summed E-state index contributed by atoms with van der Waals surface area (Å²) in [7, 11) is 1.73. The number of ether oxygens (including phenoxy) is 1. The number of fused-ring (bicyclic) bond motifs is 2. The minimum absolute atomic E-state index is 0.784. The molecule has 0 radical (unpaired) electrons. The molecular formula is C18H25ClN2O. The van der Waals surface area contributed by atoms with Crippen molar-refractivity contribution in [3.05, 3.63) is 23.2 Å². The van der Waals surface area contributed by atoms with Crippen LogP contribution in [0, 0.1) is 11.8 Å². The van der Waals surface area contributed by atoms with E-state index in [1.165, 1.54) is 38.8 Å². The molecule has 0 amide bonds. The van der Waals surface area contributed by atoms with Crippen molar-refractivity contribution in [3.8, 4) is 5.75 Å². The van der Waals surface area contributed by atoms with Crippen LogP contribution >= 0.6 is 11.6 Å². The summed E-state index contributed by atoms with van der Waals surface area (Å²) in [5, 5.41) is 0.784. The second-order valence-electron chi connectivity index (χ2n) is 7.08. The van der Waals surface area contributed by atoms with E-state index in [9.17, 15) is 0 Å². The predicted molar refractivity (Wildman–Crippen MR) is 91.0 cm³/mol. The Morgan fingerprint density at radius 1 is 1.09 bits per heavy atom. The third kappa shape index (κ3) is 2.59. The Bertz CT molecular complexity index is 542. The molecule has 1 saturated heterocycles. The maximum Gasteiger partial charge on any atom is 0.142 e. The zero-order valence-electron chi connectivity index (χ0n) is 13.3. The molecule has 2 saturated carbocycles. The van der Waals surface area contributed by atoms with Gasteiger partial charge in [0.2, 0.25) is 0 Å². The summed E-state index contributed by atoms with van der Waals surface area (Å²) >= 11 is 6.18. The Labute approximate surface area is 138 Å². The average molecular weight is 321 g/mol. The van der Waals surface area contributed by atoms with Gasteiger partial charge in [0, 0.05) is 37.2 Å². The highest BCUT2D eigenvalue weighted by Gasteiger charge is 2.42. The highest BCUT2D eigenvalue weighted by Crippen LogP contribution is 2.47. The fourth-order valence-electron chi connectivity index (χ4n) is 4.86. The number of rotatable bonds is 3. The quantitative estimate of drug-likeness (QED) is 0.845. The number of nitrogens with zero attached hydrogens (tertiary/aromatic N) is 2. The second kappa shape index (κ2) is 5.93. The molecule has 3 nitrogen and oxygen atoms in total. The molecule has 2 aliphatic carbocycles. The Balaban J connectivity index is 1.43. The molecule has 0 spiro atoms. The Morgan fingerprint density at radius 3 is 2.55 bits per heavy atom. The van der Waals surface area contributed by atoms with Crippen LogP contribution in [-0.2, 0) is 0 Å². The number of piperazine rings is 1. The molecule has 3 aliphatic rings. The van der Waals surface area contributed by atoms with Gasteiger partial charge in [-0.1, -0.05) is 18.0 Å². The van der Waals surface area contributed by atoms with E-state index >= 15 is 0 Å². The van der Waals surface area contributed by atoms with Gasteiger partial charge < -0.3 is 9.64 Å². The van der Waals surface area contributed by atoms with Crippen LogP contribution in [0.1, 0.15) is 25.7 Å². The van der Waals surface area contributed by atoms with Gasteiger partial charge in [-0.15, -0.1) is 0 Å². The number of hydrogen-bond acceptors (Lipinski definition) is 3. The SMILES string of the molecule is COc1ccc(Cl)cc1N1CCN(C2C[C@H]3CC[C@H]2C3)CC1. The molecule has 1 aromatic carbocycles. The van der Waals surface area contributed by atoms with E-state index in [0.717, 1.165) is 47.4 Å². The van der Waals surface area contributed by atoms with Gasteiger partial charge >= 0.3 is 0 Å². The average Bonchev–Trinajstić information content (AvgIpc) is 3.18. The van der Waals surface area contributed by atoms with E-state index in [0.29, 0.717) is 0 Å². The summed E-state index contributed by atoms with van der Waals surface area (Å²) in [5.74, 6) is 2.94. The number of methoxy groups -OCH3 is 1. The molecule has 0 N–H and O–H groups in total. The maximum absolute atomic E-state index is 6.18. The van der Waals surface area contributed by atoms with Crippen molar-refractivity contribution >= 4 is 17.3 Å². The van der Waals surface area contributed by atoms with Crippen LogP contribution in [0.25, 0.3) is 0 Å². The molecule has 1 aromatic rings. The van der Waals surface area contributed by atoms with Gasteiger partial charge in [0.05, 0.1) is 12.8 Å². The van der Waals surface area contributed by atoms with Gasteiger partial charge in [-0.2, -0.15) is 0 Å². The normalized spacial score (nSPS) is 31.7. The molecule has 2 bridgehead atoms. The molecular weight excluding hydrogens is 296 g/mol. The van der Waals surface area contributed by atoms with Crippen LogP contribution in [0.4, 0.5) is 5.69 Å². The van der Waals surface area contributed by atoms with Crippen LogP contribution in [0.2, 0.25) is 5.02 Å². The van der Waals surface area contributed by atoms with Gasteiger partial charge in [-0.05, 0) is 49.3 Å². The van der Waals surface area contributed by atoms with Gasteiger partial charge in [0.25, 0.3) is 0 Å². The summed E-state index contributed by atoms with van der Waals surface area (Å²) < 4.78 is 5.51. The molecule has 1 heterocycles. The van der Waals surface area contributed by atoms with Crippen molar-refractivity contribution in [3.63, 3.8) is 0 Å². The lowest BCUT2D eigenvalue weighted by Gasteiger charge is -2.42. The predicted octanol–water partition coefficient (Wildman–Crippen LogP) is 3.66. The monoisotopic (exact) mass is 320 g/mol. The number of halogens is 1. The third-order valence-electron chi connectivity index (χ3n) is 5.97. The van der Waals surface area contributed by atoms with Crippen molar-refractivity contribution < 1.29 is 4.74 Å². The highest BCUT2D eigenvalue weighted by atomic mass is 35.5. The molecule has 1 aliphatic heterocycles. The molecule has 4 heteroatoms. The largest absolute Gasteiger partial charge is 0.495 e. The van der Waals surface area contributed by atoms with Crippen LogP contribution in [0.5, 0.6) is 5.75 Å². The molecule has 3 fully saturated rings. The first-order chi connectivity index (χ1) is 10.7. The Morgan fingerprint density at radius 2 is 1.91 bits per heavy atom. The zero-order valence-corrected chi connectivity index (χ0v) is 14.1. The van der Waals surface area contributed by atoms with Gasteiger partial charge in [0.1, 0.15) is 5.75 Å².